The van der Waals surface area contributed by atoms with Gasteiger partial charge in [0, 0.05) is 0 Å². The lowest BCUT2D eigenvalue weighted by Gasteiger charge is -2.24. The van der Waals surface area contributed by atoms with Gasteiger partial charge in [0.05, 0.1) is 0 Å². The largest absolute Gasteiger partial charge is 0.103 e. The highest BCUT2D eigenvalue weighted by Crippen LogP contribution is 2.34. The normalized spacial score (nSPS) is 20.1. The summed E-state index contributed by atoms with van der Waals surface area (Å²) in [5.74, 6) is 0.790. The van der Waals surface area contributed by atoms with Gasteiger partial charge in [0.1, 0.15) is 0 Å². The molecule has 0 saturated carbocycles. The van der Waals surface area contributed by atoms with E-state index in [1.807, 2.05) is 6.08 Å². The van der Waals surface area contributed by atoms with Crippen molar-refractivity contribution >= 4 is 0 Å². The van der Waals surface area contributed by atoms with Gasteiger partial charge < -0.3 is 0 Å². The zero-order valence-corrected chi connectivity index (χ0v) is 8.71. The average molecular weight is 186 g/mol. The zero-order chi connectivity index (χ0) is 9.80. The van der Waals surface area contributed by atoms with E-state index in [-0.39, 0.29) is 0 Å². The van der Waals surface area contributed by atoms with Crippen molar-refractivity contribution in [2.75, 3.05) is 0 Å². The van der Waals surface area contributed by atoms with E-state index in [9.17, 15) is 0 Å². The molecule has 0 heterocycles. The van der Waals surface area contributed by atoms with Gasteiger partial charge in [-0.2, -0.15) is 0 Å². The van der Waals surface area contributed by atoms with Gasteiger partial charge in [-0.25, -0.2) is 0 Å². The molecular formula is C14H18. The molecule has 0 aliphatic heterocycles. The maximum absolute atomic E-state index is 3.80. The molecule has 0 saturated heterocycles. The summed E-state index contributed by atoms with van der Waals surface area (Å²) in [6.07, 6.45) is 8.47. The Morgan fingerprint density at radius 2 is 2.21 bits per heavy atom. The second-order valence-corrected chi connectivity index (χ2v) is 4.15. The summed E-state index contributed by atoms with van der Waals surface area (Å²) >= 11 is 0. The Kier molecular flexibility index (Phi) is 3.03. The molecule has 1 aliphatic carbocycles. The lowest BCUT2D eigenvalue weighted by atomic mass is 9.80. The minimum absolute atomic E-state index is 0.790. The molecule has 2 rings (SSSR count). The number of aryl methyl sites for hydroxylation is 1. The van der Waals surface area contributed by atoms with E-state index in [1.165, 1.54) is 25.7 Å². The Morgan fingerprint density at radius 1 is 1.36 bits per heavy atom. The molecule has 1 atom stereocenters. The minimum atomic E-state index is 0.790. The number of rotatable bonds is 3. The third-order valence-electron chi connectivity index (χ3n) is 3.21. The molecule has 0 N–H and O–H groups in total. The molecule has 14 heavy (non-hydrogen) atoms. The topological polar surface area (TPSA) is 0 Å². The fraction of sp³-hybridized carbons (Fsp3) is 0.429. The summed E-state index contributed by atoms with van der Waals surface area (Å²) in [5.41, 5.74) is 3.17. The molecule has 0 aromatic heterocycles. The van der Waals surface area contributed by atoms with Crippen molar-refractivity contribution in [2.45, 2.75) is 38.0 Å². The molecular weight excluding hydrogens is 168 g/mol. The fourth-order valence-corrected chi connectivity index (χ4v) is 2.47. The number of allylic oxidation sites excluding steroid dienone is 1. The summed E-state index contributed by atoms with van der Waals surface area (Å²) in [4.78, 5) is 0. The van der Waals surface area contributed by atoms with Crippen LogP contribution in [-0.4, -0.2) is 0 Å². The Morgan fingerprint density at radius 3 is 3.07 bits per heavy atom. The third kappa shape index (κ3) is 1.89. The van der Waals surface area contributed by atoms with Crippen LogP contribution in [0.2, 0.25) is 0 Å². The van der Waals surface area contributed by atoms with Crippen LogP contribution in [0.15, 0.2) is 36.9 Å². The maximum atomic E-state index is 3.80. The number of hydrogen-bond acceptors (Lipinski definition) is 0. The second-order valence-electron chi connectivity index (χ2n) is 4.15. The monoisotopic (exact) mass is 186 g/mol. The molecule has 0 heteroatoms. The van der Waals surface area contributed by atoms with E-state index in [4.69, 9.17) is 0 Å². The van der Waals surface area contributed by atoms with Gasteiger partial charge >= 0.3 is 0 Å². The first-order chi connectivity index (χ1) is 6.92. The van der Waals surface area contributed by atoms with Crippen LogP contribution in [0.1, 0.15) is 42.7 Å². The Bertz CT molecular complexity index is 312. The molecule has 0 nitrogen and oxygen atoms in total. The van der Waals surface area contributed by atoms with Gasteiger partial charge in [-0.05, 0) is 49.1 Å². The van der Waals surface area contributed by atoms with Crippen molar-refractivity contribution in [3.05, 3.63) is 48.0 Å². The molecule has 1 aromatic rings. The number of fused-ring (bicyclic) bond motifs is 1. The average Bonchev–Trinajstić information content (AvgIpc) is 2.26. The van der Waals surface area contributed by atoms with Crippen LogP contribution in [0.25, 0.3) is 0 Å². The zero-order valence-electron chi connectivity index (χ0n) is 8.71. The highest BCUT2D eigenvalue weighted by molar-refractivity contribution is 5.32. The van der Waals surface area contributed by atoms with Crippen LogP contribution in [0.4, 0.5) is 0 Å². The highest BCUT2D eigenvalue weighted by Gasteiger charge is 2.18. The molecule has 1 aromatic carbocycles. The molecule has 0 bridgehead atoms. The van der Waals surface area contributed by atoms with Crippen molar-refractivity contribution in [1.29, 1.82) is 0 Å². The van der Waals surface area contributed by atoms with Crippen LogP contribution in [0, 0.1) is 0 Å². The highest BCUT2D eigenvalue weighted by atomic mass is 14.2. The van der Waals surface area contributed by atoms with E-state index in [2.05, 4.69) is 30.8 Å². The SMILES string of the molecule is C=CCCC1CCCc2ccccc21. The predicted molar refractivity (Wildman–Crippen MR) is 61.6 cm³/mol. The van der Waals surface area contributed by atoms with Gasteiger partial charge in [-0.1, -0.05) is 30.3 Å². The minimum Gasteiger partial charge on any atom is -0.103 e. The first kappa shape index (κ1) is 9.51. The smallest absolute Gasteiger partial charge is 0.0156 e. The van der Waals surface area contributed by atoms with Gasteiger partial charge in [0.2, 0.25) is 0 Å². The van der Waals surface area contributed by atoms with Gasteiger partial charge in [0.15, 0.2) is 0 Å². The fourth-order valence-electron chi connectivity index (χ4n) is 2.47. The Balaban J connectivity index is 2.17. The second kappa shape index (κ2) is 4.45. The van der Waals surface area contributed by atoms with E-state index in [1.54, 1.807) is 11.1 Å². The number of hydrogen-bond donors (Lipinski definition) is 0. The first-order valence-corrected chi connectivity index (χ1v) is 5.60. The van der Waals surface area contributed by atoms with Crippen LogP contribution in [-0.2, 0) is 6.42 Å². The molecule has 0 spiro atoms. The van der Waals surface area contributed by atoms with Crippen LogP contribution >= 0.6 is 0 Å². The lowest BCUT2D eigenvalue weighted by Crippen LogP contribution is -2.09. The first-order valence-electron chi connectivity index (χ1n) is 5.60. The molecule has 1 aliphatic rings. The lowest BCUT2D eigenvalue weighted by molar-refractivity contribution is 0.524. The predicted octanol–water partition coefficient (Wildman–Crippen LogP) is 4.07. The third-order valence-corrected chi connectivity index (χ3v) is 3.21. The molecule has 1 unspecified atom stereocenters. The van der Waals surface area contributed by atoms with Crippen molar-refractivity contribution in [3.63, 3.8) is 0 Å². The Hall–Kier alpha value is -1.04. The van der Waals surface area contributed by atoms with E-state index < -0.39 is 0 Å². The van der Waals surface area contributed by atoms with Crippen LogP contribution < -0.4 is 0 Å². The summed E-state index contributed by atoms with van der Waals surface area (Å²) < 4.78 is 0. The van der Waals surface area contributed by atoms with E-state index in [0.29, 0.717) is 0 Å². The molecule has 0 fully saturated rings. The Labute approximate surface area is 86.7 Å². The molecule has 74 valence electrons. The van der Waals surface area contributed by atoms with Crippen molar-refractivity contribution in [2.24, 2.45) is 0 Å². The van der Waals surface area contributed by atoms with Crippen molar-refractivity contribution in [3.8, 4) is 0 Å². The summed E-state index contributed by atoms with van der Waals surface area (Å²) in [6.45, 7) is 3.80. The molecule has 0 radical (unpaired) electrons. The summed E-state index contributed by atoms with van der Waals surface area (Å²) in [5, 5.41) is 0. The standard InChI is InChI=1S/C14H18/c1-2-3-7-12-9-6-10-13-8-4-5-11-14(12)13/h2,4-5,8,11-12H,1,3,6-7,9-10H2. The van der Waals surface area contributed by atoms with E-state index in [0.717, 1.165) is 12.3 Å². The summed E-state index contributed by atoms with van der Waals surface area (Å²) in [7, 11) is 0. The molecule has 0 amide bonds. The maximum Gasteiger partial charge on any atom is -0.0156 e. The van der Waals surface area contributed by atoms with Crippen LogP contribution in [0.5, 0.6) is 0 Å². The summed E-state index contributed by atoms with van der Waals surface area (Å²) in [6, 6.07) is 8.93. The van der Waals surface area contributed by atoms with Crippen molar-refractivity contribution in [1.82, 2.24) is 0 Å². The van der Waals surface area contributed by atoms with Crippen LogP contribution in [0.3, 0.4) is 0 Å². The quantitative estimate of drug-likeness (QED) is 0.624. The van der Waals surface area contributed by atoms with Gasteiger partial charge in [-0.15, -0.1) is 6.58 Å². The van der Waals surface area contributed by atoms with E-state index >= 15 is 0 Å². The van der Waals surface area contributed by atoms with Gasteiger partial charge in [0.25, 0.3) is 0 Å². The van der Waals surface area contributed by atoms with Gasteiger partial charge in [-0.3, -0.25) is 0 Å². The van der Waals surface area contributed by atoms with Crippen molar-refractivity contribution < 1.29 is 0 Å². The number of benzene rings is 1.